The lowest BCUT2D eigenvalue weighted by Gasteiger charge is -2.05. The summed E-state index contributed by atoms with van der Waals surface area (Å²) < 4.78 is 14.0. The highest BCUT2D eigenvalue weighted by atomic mass is 32.1. The van der Waals surface area contributed by atoms with Crippen LogP contribution in [0.5, 0.6) is 0 Å². The average molecular weight is 285 g/mol. The van der Waals surface area contributed by atoms with Crippen LogP contribution in [-0.2, 0) is 11.2 Å². The molecule has 1 N–H and O–H groups in total. The summed E-state index contributed by atoms with van der Waals surface area (Å²) >= 11 is 1.67. The third-order valence-corrected chi connectivity index (χ3v) is 3.91. The SMILES string of the molecule is O=C(Cc1ccc(F)cc1)Nc1ccc2sccc2c1. The Bertz CT molecular complexity index is 749. The summed E-state index contributed by atoms with van der Waals surface area (Å²) in [4.78, 5) is 11.9. The van der Waals surface area contributed by atoms with Crippen molar-refractivity contribution in [3.63, 3.8) is 0 Å². The normalized spacial score (nSPS) is 10.7. The lowest BCUT2D eigenvalue weighted by atomic mass is 10.1. The van der Waals surface area contributed by atoms with Crippen LogP contribution < -0.4 is 5.32 Å². The molecule has 100 valence electrons. The van der Waals surface area contributed by atoms with Gasteiger partial charge >= 0.3 is 0 Å². The van der Waals surface area contributed by atoms with E-state index in [2.05, 4.69) is 5.32 Å². The van der Waals surface area contributed by atoms with Gasteiger partial charge in [-0.15, -0.1) is 11.3 Å². The number of hydrogen-bond acceptors (Lipinski definition) is 2. The van der Waals surface area contributed by atoms with Gasteiger partial charge in [-0.1, -0.05) is 12.1 Å². The molecule has 0 bridgehead atoms. The molecule has 0 atom stereocenters. The van der Waals surface area contributed by atoms with E-state index in [1.807, 2.05) is 29.6 Å². The maximum Gasteiger partial charge on any atom is 0.228 e. The highest BCUT2D eigenvalue weighted by Crippen LogP contribution is 2.24. The van der Waals surface area contributed by atoms with Gasteiger partial charge in [-0.05, 0) is 52.7 Å². The second kappa shape index (κ2) is 5.43. The van der Waals surface area contributed by atoms with Crippen molar-refractivity contribution >= 4 is 33.0 Å². The van der Waals surface area contributed by atoms with E-state index in [4.69, 9.17) is 0 Å². The van der Waals surface area contributed by atoms with E-state index < -0.39 is 0 Å². The Morgan fingerprint density at radius 3 is 2.70 bits per heavy atom. The van der Waals surface area contributed by atoms with Crippen LogP contribution in [0.15, 0.2) is 53.9 Å². The van der Waals surface area contributed by atoms with Gasteiger partial charge in [0.25, 0.3) is 0 Å². The zero-order valence-electron chi connectivity index (χ0n) is 10.6. The third-order valence-electron chi connectivity index (χ3n) is 3.01. The molecule has 1 amide bonds. The average Bonchev–Trinajstić information content (AvgIpc) is 2.89. The minimum atomic E-state index is -0.294. The van der Waals surface area contributed by atoms with Crippen molar-refractivity contribution in [2.24, 2.45) is 0 Å². The topological polar surface area (TPSA) is 29.1 Å². The number of thiophene rings is 1. The second-order valence-electron chi connectivity index (χ2n) is 4.52. The third kappa shape index (κ3) is 2.86. The zero-order valence-corrected chi connectivity index (χ0v) is 11.4. The van der Waals surface area contributed by atoms with Crippen molar-refractivity contribution in [2.45, 2.75) is 6.42 Å². The molecule has 3 rings (SSSR count). The molecule has 20 heavy (non-hydrogen) atoms. The summed E-state index contributed by atoms with van der Waals surface area (Å²) in [6.07, 6.45) is 0.238. The Morgan fingerprint density at radius 2 is 1.90 bits per heavy atom. The molecular weight excluding hydrogens is 273 g/mol. The summed E-state index contributed by atoms with van der Waals surface area (Å²) in [6.45, 7) is 0. The van der Waals surface area contributed by atoms with Gasteiger partial charge in [-0.25, -0.2) is 4.39 Å². The van der Waals surface area contributed by atoms with Gasteiger partial charge in [-0.3, -0.25) is 4.79 Å². The van der Waals surface area contributed by atoms with Gasteiger partial charge in [0.05, 0.1) is 6.42 Å². The number of carbonyl (C=O) groups excluding carboxylic acids is 1. The first-order valence-corrected chi connectivity index (χ1v) is 7.10. The fourth-order valence-corrected chi connectivity index (χ4v) is 2.81. The quantitative estimate of drug-likeness (QED) is 0.767. The van der Waals surface area contributed by atoms with E-state index in [0.29, 0.717) is 0 Å². The fraction of sp³-hybridized carbons (Fsp3) is 0.0625. The lowest BCUT2D eigenvalue weighted by molar-refractivity contribution is -0.115. The van der Waals surface area contributed by atoms with Crippen LogP contribution in [0.1, 0.15) is 5.56 Å². The van der Waals surface area contributed by atoms with E-state index in [9.17, 15) is 9.18 Å². The summed E-state index contributed by atoms with van der Waals surface area (Å²) in [5.74, 6) is -0.400. The smallest absolute Gasteiger partial charge is 0.228 e. The number of fused-ring (bicyclic) bond motifs is 1. The molecule has 0 unspecified atom stereocenters. The van der Waals surface area contributed by atoms with Crippen LogP contribution in [0.4, 0.5) is 10.1 Å². The summed E-state index contributed by atoms with van der Waals surface area (Å²) in [7, 11) is 0. The van der Waals surface area contributed by atoms with Crippen molar-refractivity contribution < 1.29 is 9.18 Å². The molecular formula is C16H12FNOS. The molecule has 0 aliphatic carbocycles. The largest absolute Gasteiger partial charge is 0.326 e. The monoisotopic (exact) mass is 285 g/mol. The standard InChI is InChI=1S/C16H12FNOS/c17-13-3-1-11(2-4-13)9-16(19)18-14-5-6-15-12(10-14)7-8-20-15/h1-8,10H,9H2,(H,18,19). The van der Waals surface area contributed by atoms with Gasteiger partial charge in [0.15, 0.2) is 0 Å². The van der Waals surface area contributed by atoms with Crippen molar-refractivity contribution in [3.8, 4) is 0 Å². The number of amides is 1. The Kier molecular flexibility index (Phi) is 3.48. The van der Waals surface area contributed by atoms with E-state index >= 15 is 0 Å². The molecule has 1 heterocycles. The number of rotatable bonds is 3. The minimum absolute atomic E-state index is 0.105. The molecule has 0 fully saturated rings. The molecule has 2 aromatic carbocycles. The first-order chi connectivity index (χ1) is 9.70. The van der Waals surface area contributed by atoms with Crippen LogP contribution in [0.3, 0.4) is 0 Å². The van der Waals surface area contributed by atoms with E-state index in [1.165, 1.54) is 16.8 Å². The number of halogens is 1. The fourth-order valence-electron chi connectivity index (χ4n) is 2.04. The number of carbonyl (C=O) groups is 1. The van der Waals surface area contributed by atoms with Crippen molar-refractivity contribution in [1.82, 2.24) is 0 Å². The second-order valence-corrected chi connectivity index (χ2v) is 5.47. The summed E-state index contributed by atoms with van der Waals surface area (Å²) in [6, 6.07) is 13.8. The maximum atomic E-state index is 12.8. The van der Waals surface area contributed by atoms with E-state index in [0.717, 1.165) is 16.6 Å². The molecule has 4 heteroatoms. The molecule has 0 aliphatic heterocycles. The van der Waals surface area contributed by atoms with Gasteiger partial charge < -0.3 is 5.32 Å². The Hall–Kier alpha value is -2.20. The molecule has 0 radical (unpaired) electrons. The van der Waals surface area contributed by atoms with Crippen molar-refractivity contribution in [1.29, 1.82) is 0 Å². The van der Waals surface area contributed by atoms with Gasteiger partial charge in [-0.2, -0.15) is 0 Å². The van der Waals surface area contributed by atoms with Crippen LogP contribution >= 0.6 is 11.3 Å². The van der Waals surface area contributed by atoms with Gasteiger partial charge in [0.1, 0.15) is 5.82 Å². The number of benzene rings is 2. The van der Waals surface area contributed by atoms with Crippen LogP contribution in [0.2, 0.25) is 0 Å². The molecule has 0 aliphatic rings. The number of nitrogens with one attached hydrogen (secondary N) is 1. The lowest BCUT2D eigenvalue weighted by Crippen LogP contribution is -2.14. The van der Waals surface area contributed by atoms with Gasteiger partial charge in [0, 0.05) is 10.4 Å². The number of anilines is 1. The molecule has 2 nitrogen and oxygen atoms in total. The highest BCUT2D eigenvalue weighted by Gasteiger charge is 2.05. The molecule has 0 spiro atoms. The first-order valence-electron chi connectivity index (χ1n) is 6.22. The molecule has 0 saturated carbocycles. The predicted molar refractivity (Wildman–Crippen MR) is 80.6 cm³/mol. The Labute approximate surface area is 119 Å². The predicted octanol–water partition coefficient (Wildman–Crippen LogP) is 4.22. The first kappa shape index (κ1) is 12.8. The van der Waals surface area contributed by atoms with E-state index in [-0.39, 0.29) is 18.1 Å². The Balaban J connectivity index is 1.70. The zero-order chi connectivity index (χ0) is 13.9. The van der Waals surface area contributed by atoms with Gasteiger partial charge in [0.2, 0.25) is 5.91 Å². The van der Waals surface area contributed by atoms with Crippen molar-refractivity contribution in [2.75, 3.05) is 5.32 Å². The van der Waals surface area contributed by atoms with E-state index in [1.54, 1.807) is 23.5 Å². The van der Waals surface area contributed by atoms with Crippen molar-refractivity contribution in [3.05, 3.63) is 65.3 Å². The molecule has 0 saturated heterocycles. The minimum Gasteiger partial charge on any atom is -0.326 e. The maximum absolute atomic E-state index is 12.8. The number of hydrogen-bond donors (Lipinski definition) is 1. The van der Waals surface area contributed by atoms with Crippen LogP contribution in [-0.4, -0.2) is 5.91 Å². The molecule has 1 aromatic heterocycles. The Morgan fingerprint density at radius 1 is 1.10 bits per heavy atom. The summed E-state index contributed by atoms with van der Waals surface area (Å²) in [5.41, 5.74) is 1.57. The van der Waals surface area contributed by atoms with Crippen LogP contribution in [0.25, 0.3) is 10.1 Å². The highest BCUT2D eigenvalue weighted by molar-refractivity contribution is 7.17. The summed E-state index contributed by atoms with van der Waals surface area (Å²) in [5, 5.41) is 6.00. The molecule has 3 aromatic rings. The van der Waals surface area contributed by atoms with Crippen LogP contribution in [0, 0.1) is 5.82 Å².